The average Bonchev–Trinajstić information content (AvgIpc) is 3.39. The van der Waals surface area contributed by atoms with Crippen molar-refractivity contribution >= 4 is 55.4 Å². The minimum Gasteiger partial charge on any atom is -0.394 e. The summed E-state index contributed by atoms with van der Waals surface area (Å²) in [7, 11) is 0. The molecule has 8 rings (SSSR count). The molecule has 0 bridgehead atoms. The molecule has 0 radical (unpaired) electrons. The van der Waals surface area contributed by atoms with E-state index in [2.05, 4.69) is 10.3 Å². The number of carbonyl (C=O) groups excluding carboxylic acids is 2. The first-order chi connectivity index (χ1) is 17.9. The number of epoxide rings is 1. The highest BCUT2D eigenvalue weighted by Gasteiger charge is 2.58. The Labute approximate surface area is 205 Å². The first-order valence-corrected chi connectivity index (χ1v) is 11.7. The third-order valence-corrected chi connectivity index (χ3v) is 7.70. The molecule has 3 aliphatic rings. The number of hydrogen-bond donors (Lipinski definition) is 4. The maximum atomic E-state index is 14.6. The number of rotatable bonds is 2. The van der Waals surface area contributed by atoms with Gasteiger partial charge in [0.1, 0.15) is 36.1 Å². The SMILES string of the molecule is O=C1NC(=O)c2c1c1c3ccc(F)cc3[nH]c1c1c2c2ccc(F)cc2n1[C@@H]1O[C@H](CO)[C@H]2O[C@H]2[C@H]1O. The van der Waals surface area contributed by atoms with Crippen LogP contribution in [0.4, 0.5) is 8.78 Å². The molecular weight excluding hydrogens is 488 g/mol. The van der Waals surface area contributed by atoms with Crippen LogP contribution in [0.25, 0.3) is 43.6 Å². The van der Waals surface area contributed by atoms with Crippen molar-refractivity contribution in [1.82, 2.24) is 14.9 Å². The quantitative estimate of drug-likeness (QED) is 0.216. The van der Waals surface area contributed by atoms with Gasteiger partial charge in [-0.05, 0) is 36.4 Å². The van der Waals surface area contributed by atoms with E-state index in [1.165, 1.54) is 36.4 Å². The number of H-pyrrole nitrogens is 1. The Morgan fingerprint density at radius 3 is 2.38 bits per heavy atom. The largest absolute Gasteiger partial charge is 0.394 e. The van der Waals surface area contributed by atoms with Gasteiger partial charge in [0.15, 0.2) is 6.23 Å². The van der Waals surface area contributed by atoms with E-state index < -0.39 is 54.1 Å². The molecule has 186 valence electrons. The Morgan fingerprint density at radius 1 is 0.919 bits per heavy atom. The van der Waals surface area contributed by atoms with E-state index in [9.17, 15) is 28.6 Å². The number of aromatic nitrogens is 2. The van der Waals surface area contributed by atoms with Crippen LogP contribution in [0.2, 0.25) is 0 Å². The number of nitrogens with one attached hydrogen (secondary N) is 2. The number of aromatic amines is 1. The van der Waals surface area contributed by atoms with Crippen molar-refractivity contribution in [3.63, 3.8) is 0 Å². The van der Waals surface area contributed by atoms with Gasteiger partial charge in [-0.2, -0.15) is 0 Å². The average molecular weight is 505 g/mol. The Hall–Kier alpha value is -3.90. The number of imide groups is 1. The molecule has 2 fully saturated rings. The second-order valence-corrected chi connectivity index (χ2v) is 9.66. The van der Waals surface area contributed by atoms with Gasteiger partial charge in [-0.15, -0.1) is 0 Å². The standard InChI is InChI=1S/C26H17F2N3O6/c27-8-1-3-10-12(5-8)29-19-15(10)17-18(25(35)30-24(17)34)16-11-4-2-9(28)6-13(11)31(20(16)19)26-21(33)23-22(37-23)14(7-32)36-26/h1-6,14,21-23,26,29,32-33H,7H2,(H,30,34,35)/t14-,21-,22-,23+,26-/m1/s1. The van der Waals surface area contributed by atoms with Crippen LogP contribution in [-0.2, 0) is 9.47 Å². The van der Waals surface area contributed by atoms with E-state index >= 15 is 0 Å². The predicted molar refractivity (Wildman–Crippen MR) is 126 cm³/mol. The summed E-state index contributed by atoms with van der Waals surface area (Å²) in [6.07, 6.45) is -4.08. The number of carbonyl (C=O) groups is 2. The van der Waals surface area contributed by atoms with Crippen LogP contribution in [0.1, 0.15) is 26.9 Å². The Kier molecular flexibility index (Phi) is 3.95. The number of benzene rings is 3. The second-order valence-electron chi connectivity index (χ2n) is 9.66. The molecule has 11 heteroatoms. The summed E-state index contributed by atoms with van der Waals surface area (Å²) in [6.45, 7) is -0.358. The number of amides is 2. The van der Waals surface area contributed by atoms with Gasteiger partial charge in [0.2, 0.25) is 0 Å². The molecule has 3 aromatic carbocycles. The number of nitrogens with zero attached hydrogens (tertiary/aromatic N) is 1. The summed E-state index contributed by atoms with van der Waals surface area (Å²) >= 11 is 0. The molecule has 5 aromatic rings. The Balaban J connectivity index is 1.60. The van der Waals surface area contributed by atoms with Crippen LogP contribution in [0.15, 0.2) is 36.4 Å². The predicted octanol–water partition coefficient (Wildman–Crippen LogP) is 2.61. The van der Waals surface area contributed by atoms with Crippen LogP contribution >= 0.6 is 0 Å². The molecule has 5 atom stereocenters. The fraction of sp³-hybridized carbons (Fsp3) is 0.231. The smallest absolute Gasteiger partial charge is 0.259 e. The zero-order valence-corrected chi connectivity index (χ0v) is 18.8. The van der Waals surface area contributed by atoms with Gasteiger partial charge < -0.3 is 29.2 Å². The van der Waals surface area contributed by atoms with Gasteiger partial charge >= 0.3 is 0 Å². The van der Waals surface area contributed by atoms with Crippen LogP contribution in [-0.4, -0.2) is 62.6 Å². The number of aliphatic hydroxyl groups is 2. The topological polar surface area (TPSA) is 129 Å². The highest BCUT2D eigenvalue weighted by Crippen LogP contribution is 2.48. The molecule has 5 heterocycles. The lowest BCUT2D eigenvalue weighted by atomic mass is 9.96. The van der Waals surface area contributed by atoms with Crippen molar-refractivity contribution < 1.29 is 38.1 Å². The molecule has 37 heavy (non-hydrogen) atoms. The molecule has 2 saturated heterocycles. The van der Waals surface area contributed by atoms with E-state index in [1.54, 1.807) is 4.57 Å². The summed E-state index contributed by atoms with van der Waals surface area (Å²) in [5.41, 5.74) is 1.71. The molecule has 4 N–H and O–H groups in total. The lowest BCUT2D eigenvalue weighted by molar-refractivity contribution is -0.145. The Bertz CT molecular complexity index is 1880. The van der Waals surface area contributed by atoms with Crippen LogP contribution in [0.5, 0.6) is 0 Å². The number of ether oxygens (including phenoxy) is 2. The number of halogens is 2. The molecule has 2 amide bonds. The van der Waals surface area contributed by atoms with Crippen molar-refractivity contribution in [2.24, 2.45) is 0 Å². The number of fused-ring (bicyclic) bond motifs is 11. The van der Waals surface area contributed by atoms with Crippen molar-refractivity contribution in [1.29, 1.82) is 0 Å². The normalized spacial score (nSPS) is 26.9. The minimum absolute atomic E-state index is 0.109. The van der Waals surface area contributed by atoms with Crippen molar-refractivity contribution in [3.05, 3.63) is 59.2 Å². The molecule has 0 spiro atoms. The highest BCUT2D eigenvalue weighted by atomic mass is 19.1. The van der Waals surface area contributed by atoms with Gasteiger partial charge in [0.05, 0.1) is 34.3 Å². The second kappa shape index (κ2) is 6.90. The molecule has 0 unspecified atom stereocenters. The van der Waals surface area contributed by atoms with Gasteiger partial charge in [0, 0.05) is 27.1 Å². The molecule has 0 aliphatic carbocycles. The van der Waals surface area contributed by atoms with Gasteiger partial charge in [-0.1, -0.05) is 0 Å². The molecule has 0 saturated carbocycles. The Morgan fingerprint density at radius 2 is 1.62 bits per heavy atom. The monoisotopic (exact) mass is 505 g/mol. The highest BCUT2D eigenvalue weighted by molar-refractivity contribution is 6.39. The van der Waals surface area contributed by atoms with Crippen LogP contribution < -0.4 is 5.32 Å². The fourth-order valence-electron chi connectivity index (χ4n) is 6.16. The van der Waals surface area contributed by atoms with E-state index in [0.717, 1.165) is 0 Å². The summed E-state index contributed by atoms with van der Waals surface area (Å²) < 4.78 is 42.0. The zero-order chi connectivity index (χ0) is 25.3. The first kappa shape index (κ1) is 21.2. The van der Waals surface area contributed by atoms with E-state index in [1.807, 2.05) is 0 Å². The minimum atomic E-state index is -1.17. The van der Waals surface area contributed by atoms with E-state index in [4.69, 9.17) is 9.47 Å². The molecule has 9 nitrogen and oxygen atoms in total. The van der Waals surface area contributed by atoms with Crippen molar-refractivity contribution in [2.45, 2.75) is 30.6 Å². The van der Waals surface area contributed by atoms with E-state index in [0.29, 0.717) is 43.6 Å². The number of hydrogen-bond acceptors (Lipinski definition) is 6. The lowest BCUT2D eigenvalue weighted by Gasteiger charge is -2.32. The number of aliphatic hydroxyl groups excluding tert-OH is 2. The molecule has 3 aliphatic heterocycles. The summed E-state index contributed by atoms with van der Waals surface area (Å²) in [4.78, 5) is 29.4. The maximum absolute atomic E-state index is 14.6. The van der Waals surface area contributed by atoms with Crippen molar-refractivity contribution in [3.8, 4) is 0 Å². The summed E-state index contributed by atoms with van der Waals surface area (Å²) in [6, 6.07) is 8.07. The summed E-state index contributed by atoms with van der Waals surface area (Å²) in [5, 5.41) is 25.1. The summed E-state index contributed by atoms with van der Waals surface area (Å²) in [5.74, 6) is -2.27. The molecule has 2 aromatic heterocycles. The molecular formula is C26H17F2N3O6. The zero-order valence-electron chi connectivity index (χ0n) is 18.8. The fourth-order valence-corrected chi connectivity index (χ4v) is 6.16. The third kappa shape index (κ3) is 2.58. The third-order valence-electron chi connectivity index (χ3n) is 7.70. The maximum Gasteiger partial charge on any atom is 0.259 e. The van der Waals surface area contributed by atoms with Gasteiger partial charge in [0.25, 0.3) is 11.8 Å². The van der Waals surface area contributed by atoms with Crippen LogP contribution in [0.3, 0.4) is 0 Å². The van der Waals surface area contributed by atoms with E-state index in [-0.39, 0.29) is 17.7 Å². The van der Waals surface area contributed by atoms with Crippen molar-refractivity contribution in [2.75, 3.05) is 6.61 Å². The van der Waals surface area contributed by atoms with Gasteiger partial charge in [-0.25, -0.2) is 8.78 Å². The first-order valence-electron chi connectivity index (χ1n) is 11.7. The van der Waals surface area contributed by atoms with Gasteiger partial charge in [-0.3, -0.25) is 14.9 Å². The lowest BCUT2D eigenvalue weighted by Crippen LogP contribution is -2.43. The van der Waals surface area contributed by atoms with Crippen LogP contribution in [0, 0.1) is 11.6 Å².